The molecule has 0 fully saturated rings. The molecule has 3 heterocycles. The zero-order valence-electron chi connectivity index (χ0n) is 17.1. The summed E-state index contributed by atoms with van der Waals surface area (Å²) in [5.74, 6) is -1.55. The summed E-state index contributed by atoms with van der Waals surface area (Å²) < 4.78 is 11.1. The van der Waals surface area contributed by atoms with Gasteiger partial charge in [-0.3, -0.25) is 4.79 Å². The molecule has 0 unspecified atom stereocenters. The molecule has 1 spiro atoms. The van der Waals surface area contributed by atoms with Crippen LogP contribution in [0.25, 0.3) is 16.7 Å². The Balaban J connectivity index is 1.88. The summed E-state index contributed by atoms with van der Waals surface area (Å²) in [6.07, 6.45) is 1.69. The number of nitrogens with two attached hydrogens (primary N) is 1. The topological polar surface area (TPSA) is 130 Å². The number of aromatic amines is 1. The van der Waals surface area contributed by atoms with Crippen LogP contribution in [0.15, 0.2) is 71.8 Å². The molecular weight excluding hydrogens is 408 g/mol. The fourth-order valence-corrected chi connectivity index (χ4v) is 4.49. The number of carbonyl (C=O) groups is 2. The van der Waals surface area contributed by atoms with Gasteiger partial charge in [0.15, 0.2) is 11.2 Å². The number of rotatable bonds is 3. The first-order valence-electron chi connectivity index (χ1n) is 10.0. The molecule has 0 bridgehead atoms. The molecule has 2 aromatic carbocycles. The first-order valence-corrected chi connectivity index (χ1v) is 10.0. The van der Waals surface area contributed by atoms with E-state index in [1.54, 1.807) is 37.4 Å². The largest absolute Gasteiger partial charge is 0.462 e. The normalized spacial score (nSPS) is 19.6. The Labute approximate surface area is 182 Å². The summed E-state index contributed by atoms with van der Waals surface area (Å²) in [7, 11) is 0. The number of nitriles is 1. The Hall–Kier alpha value is -4.51. The fraction of sp³-hybridized carbons (Fsp3) is 0.125. The smallest absolute Gasteiger partial charge is 0.341 e. The van der Waals surface area contributed by atoms with Gasteiger partial charge in [-0.05, 0) is 19.1 Å². The maximum atomic E-state index is 13.6. The average Bonchev–Trinajstić information content (AvgIpc) is 3.34. The molecule has 0 saturated carbocycles. The minimum absolute atomic E-state index is 0.0399. The molecule has 2 aliphatic rings. The van der Waals surface area contributed by atoms with Gasteiger partial charge in [0.25, 0.3) is 0 Å². The molecule has 8 heteroatoms. The van der Waals surface area contributed by atoms with Crippen LogP contribution in [0.4, 0.5) is 5.69 Å². The van der Waals surface area contributed by atoms with Crippen molar-refractivity contribution in [2.75, 3.05) is 11.9 Å². The highest BCUT2D eigenvalue weighted by atomic mass is 16.5. The number of amides is 1. The third kappa shape index (κ3) is 2.42. The highest BCUT2D eigenvalue weighted by Gasteiger charge is 2.60. The van der Waals surface area contributed by atoms with E-state index >= 15 is 0 Å². The van der Waals surface area contributed by atoms with Gasteiger partial charge in [-0.2, -0.15) is 5.26 Å². The molecule has 3 aromatic rings. The number of nitrogens with zero attached hydrogens (tertiary/aromatic N) is 1. The number of carbonyl (C=O) groups excluding carboxylic acids is 2. The second kappa shape index (κ2) is 7.03. The number of nitrogens with one attached hydrogen (secondary N) is 2. The molecule has 5 rings (SSSR count). The first kappa shape index (κ1) is 19.5. The van der Waals surface area contributed by atoms with Crippen LogP contribution in [0.5, 0.6) is 0 Å². The monoisotopic (exact) mass is 426 g/mol. The molecule has 158 valence electrons. The van der Waals surface area contributed by atoms with Crippen LogP contribution in [0, 0.1) is 11.3 Å². The Morgan fingerprint density at radius 3 is 2.75 bits per heavy atom. The Morgan fingerprint density at radius 2 is 1.97 bits per heavy atom. The molecule has 0 radical (unpaired) electrons. The van der Waals surface area contributed by atoms with Crippen molar-refractivity contribution in [3.63, 3.8) is 0 Å². The number of benzene rings is 2. The molecule has 8 nitrogen and oxygen atoms in total. The van der Waals surface area contributed by atoms with Gasteiger partial charge in [0.2, 0.25) is 11.8 Å². The van der Waals surface area contributed by atoms with Gasteiger partial charge in [-0.25, -0.2) is 4.79 Å². The summed E-state index contributed by atoms with van der Waals surface area (Å²) in [5.41, 5.74) is 6.52. The molecule has 4 N–H and O–H groups in total. The average molecular weight is 426 g/mol. The molecule has 0 saturated heterocycles. The summed E-state index contributed by atoms with van der Waals surface area (Å²) in [4.78, 5) is 29.7. The van der Waals surface area contributed by atoms with Crippen LogP contribution >= 0.6 is 0 Å². The number of ether oxygens (including phenoxy) is 2. The number of hydrogen-bond acceptors (Lipinski definition) is 6. The van der Waals surface area contributed by atoms with Crippen molar-refractivity contribution >= 4 is 34.2 Å². The van der Waals surface area contributed by atoms with E-state index in [9.17, 15) is 14.9 Å². The van der Waals surface area contributed by atoms with Crippen molar-refractivity contribution in [3.05, 3.63) is 82.9 Å². The fourth-order valence-electron chi connectivity index (χ4n) is 4.49. The maximum absolute atomic E-state index is 13.6. The van der Waals surface area contributed by atoms with Crippen LogP contribution in [0.3, 0.4) is 0 Å². The van der Waals surface area contributed by atoms with E-state index < -0.39 is 17.3 Å². The van der Waals surface area contributed by atoms with Gasteiger partial charge in [0.1, 0.15) is 11.6 Å². The SMILES string of the molecule is CCOC(=O)C1=C(N)OC(c2c[nH]c3ccccc23)=C(C#N)[C@@]12C(=O)Nc1ccccc12. The zero-order chi connectivity index (χ0) is 22.5. The lowest BCUT2D eigenvalue weighted by atomic mass is 9.67. The Kier molecular flexibility index (Phi) is 4.27. The van der Waals surface area contributed by atoms with E-state index in [0.717, 1.165) is 10.9 Å². The van der Waals surface area contributed by atoms with Crippen LogP contribution < -0.4 is 11.1 Å². The van der Waals surface area contributed by atoms with E-state index in [1.807, 2.05) is 24.3 Å². The van der Waals surface area contributed by atoms with E-state index in [0.29, 0.717) is 16.8 Å². The van der Waals surface area contributed by atoms with Crippen LogP contribution in [0.1, 0.15) is 18.1 Å². The quantitative estimate of drug-likeness (QED) is 0.552. The van der Waals surface area contributed by atoms with Crippen molar-refractivity contribution in [1.82, 2.24) is 4.98 Å². The van der Waals surface area contributed by atoms with Gasteiger partial charge >= 0.3 is 5.97 Å². The lowest BCUT2D eigenvalue weighted by Crippen LogP contribution is -2.46. The van der Waals surface area contributed by atoms with Gasteiger partial charge < -0.3 is 25.5 Å². The van der Waals surface area contributed by atoms with Crippen molar-refractivity contribution in [3.8, 4) is 6.07 Å². The molecule has 1 amide bonds. The minimum Gasteiger partial charge on any atom is -0.462 e. The predicted molar refractivity (Wildman–Crippen MR) is 117 cm³/mol. The van der Waals surface area contributed by atoms with Crippen molar-refractivity contribution < 1.29 is 19.1 Å². The lowest BCUT2D eigenvalue weighted by Gasteiger charge is -2.34. The molecule has 32 heavy (non-hydrogen) atoms. The number of anilines is 1. The molecule has 1 atom stereocenters. The molecule has 0 aliphatic carbocycles. The van der Waals surface area contributed by atoms with Gasteiger partial charge in [0.05, 0.1) is 12.2 Å². The molecular formula is C24H18N4O4. The lowest BCUT2D eigenvalue weighted by molar-refractivity contribution is -0.140. The van der Waals surface area contributed by atoms with Crippen LogP contribution in [-0.4, -0.2) is 23.5 Å². The number of aromatic nitrogens is 1. The predicted octanol–water partition coefficient (Wildman–Crippen LogP) is 3.06. The Morgan fingerprint density at radius 1 is 1.22 bits per heavy atom. The van der Waals surface area contributed by atoms with E-state index in [4.69, 9.17) is 15.2 Å². The van der Waals surface area contributed by atoms with Gasteiger partial charge in [0, 0.05) is 33.9 Å². The maximum Gasteiger partial charge on any atom is 0.341 e. The van der Waals surface area contributed by atoms with Crippen LogP contribution in [0.2, 0.25) is 0 Å². The second-order valence-corrected chi connectivity index (χ2v) is 7.38. The number of hydrogen-bond donors (Lipinski definition) is 3. The number of para-hydroxylation sites is 2. The van der Waals surface area contributed by atoms with E-state index in [2.05, 4.69) is 16.4 Å². The third-order valence-corrected chi connectivity index (χ3v) is 5.78. The van der Waals surface area contributed by atoms with Gasteiger partial charge in [-0.15, -0.1) is 0 Å². The standard InChI is InChI=1S/C24H18N4O4/c1-2-31-22(29)19-21(26)32-20(14-12-27-17-9-5-3-7-13(14)17)16(11-25)24(19)15-8-4-6-10-18(15)28-23(24)30/h3-10,12,27H,2,26H2,1H3,(H,28,30)/t24-/m1/s1. The zero-order valence-corrected chi connectivity index (χ0v) is 17.1. The number of H-pyrrole nitrogens is 1. The molecule has 1 aromatic heterocycles. The highest BCUT2D eigenvalue weighted by Crippen LogP contribution is 2.53. The van der Waals surface area contributed by atoms with E-state index in [-0.39, 0.29) is 29.4 Å². The Bertz CT molecular complexity index is 1410. The third-order valence-electron chi connectivity index (χ3n) is 5.78. The van der Waals surface area contributed by atoms with Crippen LogP contribution in [-0.2, 0) is 24.5 Å². The van der Waals surface area contributed by atoms with Crippen molar-refractivity contribution in [1.29, 1.82) is 5.26 Å². The van der Waals surface area contributed by atoms with E-state index in [1.165, 1.54) is 0 Å². The molecule has 2 aliphatic heterocycles. The second-order valence-electron chi connectivity index (χ2n) is 7.38. The number of esters is 1. The summed E-state index contributed by atoms with van der Waals surface area (Å²) in [6.45, 7) is 1.71. The summed E-state index contributed by atoms with van der Waals surface area (Å²) >= 11 is 0. The van der Waals surface area contributed by atoms with Gasteiger partial charge in [-0.1, -0.05) is 36.4 Å². The van der Waals surface area contributed by atoms with Crippen molar-refractivity contribution in [2.45, 2.75) is 12.3 Å². The first-order chi connectivity index (χ1) is 15.5. The number of fused-ring (bicyclic) bond motifs is 3. The highest BCUT2D eigenvalue weighted by molar-refractivity contribution is 6.19. The minimum atomic E-state index is -1.80. The summed E-state index contributed by atoms with van der Waals surface area (Å²) in [5, 5.41) is 13.9. The summed E-state index contributed by atoms with van der Waals surface area (Å²) in [6, 6.07) is 16.5. The van der Waals surface area contributed by atoms with Crippen molar-refractivity contribution in [2.24, 2.45) is 5.73 Å².